The minimum atomic E-state index is 0.849. The fourth-order valence-electron chi connectivity index (χ4n) is 2.64. The molecule has 0 spiro atoms. The largest absolute Gasteiger partial charge is 0.497 e. The first-order valence-corrected chi connectivity index (χ1v) is 7.20. The highest BCUT2D eigenvalue weighted by molar-refractivity contribution is 5.66. The highest BCUT2D eigenvalue weighted by atomic mass is 16.5. The molecule has 22 heavy (non-hydrogen) atoms. The zero-order valence-corrected chi connectivity index (χ0v) is 13.0. The van der Waals surface area contributed by atoms with Gasteiger partial charge < -0.3 is 14.0 Å². The maximum Gasteiger partial charge on any atom is 0.120 e. The Labute approximate surface area is 130 Å². The Morgan fingerprint density at radius 3 is 2.18 bits per heavy atom. The fraction of sp³-hybridized carbons (Fsp3) is 0.158. The summed E-state index contributed by atoms with van der Waals surface area (Å²) >= 11 is 0. The smallest absolute Gasteiger partial charge is 0.120 e. The maximum absolute atomic E-state index is 5.34. The summed E-state index contributed by atoms with van der Waals surface area (Å²) in [5, 5.41) is 0. The monoisotopic (exact) mass is 293 g/mol. The second-order valence-electron chi connectivity index (χ2n) is 5.13. The molecule has 0 atom stereocenters. The van der Waals surface area contributed by atoms with Crippen LogP contribution < -0.4 is 9.47 Å². The van der Waals surface area contributed by atoms with Gasteiger partial charge in [-0.2, -0.15) is 0 Å². The van der Waals surface area contributed by atoms with E-state index in [4.69, 9.17) is 9.47 Å². The first-order valence-electron chi connectivity index (χ1n) is 7.20. The summed E-state index contributed by atoms with van der Waals surface area (Å²) < 4.78 is 12.9. The summed E-state index contributed by atoms with van der Waals surface area (Å²) in [6, 6.07) is 20.4. The van der Waals surface area contributed by atoms with Gasteiger partial charge in [-0.1, -0.05) is 18.2 Å². The summed E-state index contributed by atoms with van der Waals surface area (Å²) in [6.07, 6.45) is 0. The molecule has 0 unspecified atom stereocenters. The second-order valence-corrected chi connectivity index (χ2v) is 5.13. The maximum atomic E-state index is 5.34. The van der Waals surface area contributed by atoms with Gasteiger partial charge in [0.25, 0.3) is 0 Å². The summed E-state index contributed by atoms with van der Waals surface area (Å²) in [5.41, 5.74) is 4.51. The third-order valence-corrected chi connectivity index (χ3v) is 3.75. The van der Waals surface area contributed by atoms with Gasteiger partial charge in [0.05, 0.1) is 19.9 Å². The van der Waals surface area contributed by atoms with Crippen molar-refractivity contribution in [1.82, 2.24) is 4.57 Å². The molecule has 0 saturated heterocycles. The van der Waals surface area contributed by atoms with Gasteiger partial charge in [0, 0.05) is 23.0 Å². The lowest BCUT2D eigenvalue weighted by molar-refractivity contribution is 0.414. The molecule has 0 saturated carbocycles. The Balaban J connectivity index is 2.14. The van der Waals surface area contributed by atoms with Crippen LogP contribution in [0, 0.1) is 6.92 Å². The predicted octanol–water partition coefficient (Wildman–Crippen LogP) is 4.47. The van der Waals surface area contributed by atoms with Crippen molar-refractivity contribution < 1.29 is 9.47 Å². The van der Waals surface area contributed by atoms with Crippen molar-refractivity contribution in [3.8, 4) is 28.4 Å². The van der Waals surface area contributed by atoms with Crippen LogP contribution in [0.2, 0.25) is 0 Å². The molecule has 3 nitrogen and oxygen atoms in total. The van der Waals surface area contributed by atoms with E-state index in [0.717, 1.165) is 28.4 Å². The number of benzene rings is 2. The average Bonchev–Trinajstić information content (AvgIpc) is 2.96. The Morgan fingerprint density at radius 1 is 0.773 bits per heavy atom. The number of methoxy groups -OCH3 is 2. The summed E-state index contributed by atoms with van der Waals surface area (Å²) in [4.78, 5) is 0. The summed E-state index contributed by atoms with van der Waals surface area (Å²) in [7, 11) is 3.37. The van der Waals surface area contributed by atoms with Crippen LogP contribution in [0.25, 0.3) is 16.9 Å². The van der Waals surface area contributed by atoms with E-state index >= 15 is 0 Å². The molecule has 0 bridgehead atoms. The first-order chi connectivity index (χ1) is 10.7. The molecule has 0 aliphatic carbocycles. The molecule has 0 fully saturated rings. The molecule has 0 aliphatic rings. The van der Waals surface area contributed by atoms with Crippen LogP contribution in [-0.4, -0.2) is 18.8 Å². The fourth-order valence-corrected chi connectivity index (χ4v) is 2.64. The normalized spacial score (nSPS) is 10.5. The Hall–Kier alpha value is -2.68. The van der Waals surface area contributed by atoms with E-state index in [2.05, 4.69) is 35.8 Å². The number of aromatic nitrogens is 1. The minimum Gasteiger partial charge on any atom is -0.497 e. The molecular weight excluding hydrogens is 274 g/mol. The molecular formula is C19H19NO2. The van der Waals surface area contributed by atoms with Crippen molar-refractivity contribution >= 4 is 0 Å². The van der Waals surface area contributed by atoms with Crippen molar-refractivity contribution in [2.75, 3.05) is 14.2 Å². The number of aryl methyl sites for hydroxylation is 1. The van der Waals surface area contributed by atoms with E-state index < -0.39 is 0 Å². The van der Waals surface area contributed by atoms with E-state index in [9.17, 15) is 0 Å². The van der Waals surface area contributed by atoms with Crippen molar-refractivity contribution in [2.45, 2.75) is 6.92 Å². The number of ether oxygens (including phenoxy) is 2. The summed E-state index contributed by atoms with van der Waals surface area (Å²) in [5.74, 6) is 1.70. The molecule has 0 amide bonds. The van der Waals surface area contributed by atoms with Crippen molar-refractivity contribution in [2.24, 2.45) is 0 Å². The quantitative estimate of drug-likeness (QED) is 0.708. The van der Waals surface area contributed by atoms with Crippen molar-refractivity contribution in [3.05, 3.63) is 66.4 Å². The van der Waals surface area contributed by atoms with E-state index in [1.807, 2.05) is 36.4 Å². The van der Waals surface area contributed by atoms with Gasteiger partial charge in [-0.15, -0.1) is 0 Å². The Morgan fingerprint density at radius 2 is 1.45 bits per heavy atom. The predicted molar refractivity (Wildman–Crippen MR) is 89.0 cm³/mol. The lowest BCUT2D eigenvalue weighted by Crippen LogP contribution is -1.99. The van der Waals surface area contributed by atoms with Gasteiger partial charge in [0.2, 0.25) is 0 Å². The van der Waals surface area contributed by atoms with Gasteiger partial charge in [-0.25, -0.2) is 0 Å². The van der Waals surface area contributed by atoms with Crippen molar-refractivity contribution in [1.29, 1.82) is 0 Å². The van der Waals surface area contributed by atoms with E-state index in [-0.39, 0.29) is 0 Å². The van der Waals surface area contributed by atoms with Crippen LogP contribution in [0.15, 0.2) is 60.7 Å². The SMILES string of the molecule is COc1cccc(-c2ccc(C)n2-c2cccc(OC)c2)c1. The number of hydrogen-bond donors (Lipinski definition) is 0. The van der Waals surface area contributed by atoms with Crippen LogP contribution in [0.1, 0.15) is 5.69 Å². The Bertz CT molecular complexity index is 790. The molecule has 1 aromatic heterocycles. The molecule has 2 aromatic carbocycles. The van der Waals surface area contributed by atoms with Gasteiger partial charge in [0.15, 0.2) is 0 Å². The molecule has 0 radical (unpaired) electrons. The van der Waals surface area contributed by atoms with Crippen LogP contribution in [0.5, 0.6) is 11.5 Å². The molecule has 0 aliphatic heterocycles. The van der Waals surface area contributed by atoms with Crippen LogP contribution in [0.3, 0.4) is 0 Å². The minimum absolute atomic E-state index is 0.849. The number of rotatable bonds is 4. The van der Waals surface area contributed by atoms with Gasteiger partial charge in [0.1, 0.15) is 11.5 Å². The average molecular weight is 293 g/mol. The second kappa shape index (κ2) is 5.98. The molecule has 3 rings (SSSR count). The number of nitrogens with zero attached hydrogens (tertiary/aromatic N) is 1. The van der Waals surface area contributed by atoms with Crippen molar-refractivity contribution in [3.63, 3.8) is 0 Å². The van der Waals surface area contributed by atoms with Gasteiger partial charge >= 0.3 is 0 Å². The first kappa shape index (κ1) is 14.3. The molecule has 112 valence electrons. The third kappa shape index (κ3) is 2.58. The summed E-state index contributed by atoms with van der Waals surface area (Å²) in [6.45, 7) is 2.10. The standard InChI is InChI=1S/C19H19NO2/c1-14-10-11-19(15-6-4-8-17(12-15)21-2)20(14)16-7-5-9-18(13-16)22-3/h4-13H,1-3H3. The molecule has 3 aromatic rings. The highest BCUT2D eigenvalue weighted by Crippen LogP contribution is 2.29. The van der Waals surface area contributed by atoms with Crippen LogP contribution in [-0.2, 0) is 0 Å². The lowest BCUT2D eigenvalue weighted by Gasteiger charge is -2.13. The van der Waals surface area contributed by atoms with Crippen LogP contribution in [0.4, 0.5) is 0 Å². The van der Waals surface area contributed by atoms with E-state index in [1.54, 1.807) is 14.2 Å². The molecule has 3 heteroatoms. The van der Waals surface area contributed by atoms with Gasteiger partial charge in [-0.3, -0.25) is 0 Å². The third-order valence-electron chi connectivity index (χ3n) is 3.75. The van der Waals surface area contributed by atoms with Gasteiger partial charge in [-0.05, 0) is 43.3 Å². The number of hydrogen-bond acceptors (Lipinski definition) is 2. The Kier molecular flexibility index (Phi) is 3.88. The zero-order chi connectivity index (χ0) is 15.5. The van der Waals surface area contributed by atoms with E-state index in [1.165, 1.54) is 5.69 Å². The van der Waals surface area contributed by atoms with E-state index in [0.29, 0.717) is 0 Å². The highest BCUT2D eigenvalue weighted by Gasteiger charge is 2.10. The topological polar surface area (TPSA) is 23.4 Å². The zero-order valence-electron chi connectivity index (χ0n) is 13.0. The molecule has 0 N–H and O–H groups in total. The lowest BCUT2D eigenvalue weighted by atomic mass is 10.1. The molecule has 1 heterocycles. The van der Waals surface area contributed by atoms with Crippen LogP contribution >= 0.6 is 0 Å².